The number of aliphatic hydroxyl groups is 1. The maximum Gasteiger partial charge on any atom is 0.128 e. The summed E-state index contributed by atoms with van der Waals surface area (Å²) in [5.41, 5.74) is 2.20. The first-order chi connectivity index (χ1) is 14.9. The molecule has 3 aromatic rings. The van der Waals surface area contributed by atoms with E-state index in [9.17, 15) is 5.11 Å². The summed E-state index contributed by atoms with van der Waals surface area (Å²) in [6, 6.07) is 26.4. The van der Waals surface area contributed by atoms with E-state index in [1.807, 2.05) is 54.6 Å². The van der Waals surface area contributed by atoms with Crippen molar-refractivity contribution in [2.24, 2.45) is 0 Å². The van der Waals surface area contributed by atoms with Gasteiger partial charge in [-0.1, -0.05) is 60.7 Å². The molecule has 0 heterocycles. The SMILES string of the molecule is COc1ccc(C(O)C(C[C@H](C)N(C)C)(c2ccccc2)c2ccccc2)c(OC)c1. The highest BCUT2D eigenvalue weighted by atomic mass is 16.5. The van der Waals surface area contributed by atoms with Gasteiger partial charge in [0, 0.05) is 17.7 Å². The molecule has 4 heteroatoms. The lowest BCUT2D eigenvalue weighted by Crippen LogP contribution is -2.41. The average Bonchev–Trinajstić information content (AvgIpc) is 2.82. The van der Waals surface area contributed by atoms with Crippen LogP contribution >= 0.6 is 0 Å². The van der Waals surface area contributed by atoms with E-state index in [0.717, 1.165) is 23.1 Å². The van der Waals surface area contributed by atoms with Gasteiger partial charge >= 0.3 is 0 Å². The van der Waals surface area contributed by atoms with Gasteiger partial charge in [-0.05, 0) is 50.7 Å². The number of rotatable bonds is 9. The number of benzene rings is 3. The molecule has 2 atom stereocenters. The molecule has 1 N–H and O–H groups in total. The second-order valence-electron chi connectivity index (χ2n) is 8.23. The number of methoxy groups -OCH3 is 2. The molecule has 0 fully saturated rings. The van der Waals surface area contributed by atoms with Gasteiger partial charge in [0.2, 0.25) is 0 Å². The Balaban J connectivity index is 2.28. The number of ether oxygens (including phenoxy) is 2. The van der Waals surface area contributed by atoms with Crippen LogP contribution in [0, 0.1) is 0 Å². The first-order valence-electron chi connectivity index (χ1n) is 10.6. The van der Waals surface area contributed by atoms with Gasteiger partial charge in [-0.25, -0.2) is 0 Å². The minimum atomic E-state index is -0.833. The highest BCUT2D eigenvalue weighted by molar-refractivity contribution is 5.49. The van der Waals surface area contributed by atoms with E-state index < -0.39 is 11.5 Å². The quantitative estimate of drug-likeness (QED) is 0.526. The zero-order valence-corrected chi connectivity index (χ0v) is 19.1. The van der Waals surface area contributed by atoms with E-state index >= 15 is 0 Å². The van der Waals surface area contributed by atoms with Gasteiger partial charge in [-0.2, -0.15) is 0 Å². The van der Waals surface area contributed by atoms with Crippen LogP contribution in [0.5, 0.6) is 11.5 Å². The van der Waals surface area contributed by atoms with Crippen LogP contribution in [0.3, 0.4) is 0 Å². The molecule has 0 aliphatic rings. The van der Waals surface area contributed by atoms with Crippen molar-refractivity contribution in [2.45, 2.75) is 30.9 Å². The lowest BCUT2D eigenvalue weighted by atomic mass is 9.65. The van der Waals surface area contributed by atoms with E-state index in [4.69, 9.17) is 9.47 Å². The summed E-state index contributed by atoms with van der Waals surface area (Å²) in [4.78, 5) is 2.19. The molecule has 0 radical (unpaired) electrons. The van der Waals surface area contributed by atoms with Crippen LogP contribution in [0.1, 0.15) is 36.1 Å². The van der Waals surface area contributed by atoms with Gasteiger partial charge in [0.05, 0.1) is 25.7 Å². The lowest BCUT2D eigenvalue weighted by Gasteiger charge is -2.43. The summed E-state index contributed by atoms with van der Waals surface area (Å²) < 4.78 is 11.1. The predicted molar refractivity (Wildman–Crippen MR) is 126 cm³/mol. The molecule has 4 nitrogen and oxygen atoms in total. The molecule has 0 amide bonds. The Morgan fingerprint density at radius 2 is 1.39 bits per heavy atom. The van der Waals surface area contributed by atoms with Gasteiger partial charge in [-0.15, -0.1) is 0 Å². The minimum Gasteiger partial charge on any atom is -0.497 e. The van der Waals surface area contributed by atoms with E-state index in [2.05, 4.69) is 50.2 Å². The summed E-state index contributed by atoms with van der Waals surface area (Å²) in [5, 5.41) is 12.1. The van der Waals surface area contributed by atoms with Gasteiger partial charge in [-0.3, -0.25) is 0 Å². The summed E-state index contributed by atoms with van der Waals surface area (Å²) in [7, 11) is 7.40. The molecule has 31 heavy (non-hydrogen) atoms. The van der Waals surface area contributed by atoms with Crippen molar-refractivity contribution in [1.29, 1.82) is 0 Å². The van der Waals surface area contributed by atoms with Crippen molar-refractivity contribution < 1.29 is 14.6 Å². The van der Waals surface area contributed by atoms with Crippen LogP contribution in [0.4, 0.5) is 0 Å². The van der Waals surface area contributed by atoms with Crippen molar-refractivity contribution >= 4 is 0 Å². The van der Waals surface area contributed by atoms with E-state index in [-0.39, 0.29) is 6.04 Å². The van der Waals surface area contributed by atoms with Gasteiger partial charge in [0.15, 0.2) is 0 Å². The first-order valence-corrected chi connectivity index (χ1v) is 10.6. The molecule has 1 unspecified atom stereocenters. The van der Waals surface area contributed by atoms with Gasteiger partial charge < -0.3 is 19.5 Å². The fourth-order valence-corrected chi connectivity index (χ4v) is 4.26. The summed E-state index contributed by atoms with van der Waals surface area (Å²) in [5.74, 6) is 1.31. The maximum absolute atomic E-state index is 12.1. The van der Waals surface area contributed by atoms with E-state index in [1.165, 1.54) is 0 Å². The molecular formula is C27H33NO3. The number of hydrogen-bond donors (Lipinski definition) is 1. The molecule has 0 aromatic heterocycles. The van der Waals surface area contributed by atoms with E-state index in [0.29, 0.717) is 11.5 Å². The Kier molecular flexibility index (Phi) is 7.37. The van der Waals surface area contributed by atoms with Crippen molar-refractivity contribution in [3.8, 4) is 11.5 Å². The molecule has 0 aliphatic carbocycles. The smallest absolute Gasteiger partial charge is 0.128 e. The fourth-order valence-electron chi connectivity index (χ4n) is 4.26. The van der Waals surface area contributed by atoms with Crippen LogP contribution in [0.2, 0.25) is 0 Å². The highest BCUT2D eigenvalue weighted by Crippen LogP contribution is 2.49. The number of aliphatic hydroxyl groups excluding tert-OH is 1. The fraction of sp³-hybridized carbons (Fsp3) is 0.333. The van der Waals surface area contributed by atoms with Crippen molar-refractivity contribution in [3.63, 3.8) is 0 Å². The Bertz CT molecular complexity index is 917. The summed E-state index contributed by atoms with van der Waals surface area (Å²) in [6.07, 6.45) is -0.106. The number of hydrogen-bond acceptors (Lipinski definition) is 4. The number of nitrogens with zero attached hydrogens (tertiary/aromatic N) is 1. The van der Waals surface area contributed by atoms with Crippen LogP contribution in [-0.4, -0.2) is 44.4 Å². The van der Waals surface area contributed by atoms with Gasteiger partial charge in [0.1, 0.15) is 11.5 Å². The van der Waals surface area contributed by atoms with Crippen LogP contribution in [-0.2, 0) is 5.41 Å². The predicted octanol–water partition coefficient (Wildman–Crippen LogP) is 5.06. The Morgan fingerprint density at radius 3 is 1.84 bits per heavy atom. The molecule has 0 bridgehead atoms. The third-order valence-corrected chi connectivity index (χ3v) is 6.28. The molecule has 3 aromatic carbocycles. The first kappa shape index (κ1) is 22.9. The molecule has 164 valence electrons. The van der Waals surface area contributed by atoms with Gasteiger partial charge in [0.25, 0.3) is 0 Å². The molecule has 3 rings (SSSR count). The molecule has 0 aliphatic heterocycles. The molecule has 0 spiro atoms. The van der Waals surface area contributed by atoms with Crippen molar-refractivity contribution in [1.82, 2.24) is 4.90 Å². The Labute approximate surface area is 186 Å². The standard InChI is InChI=1S/C27H33NO3/c1-20(28(2)3)19-27(21-12-8-6-9-13-21,22-14-10-7-11-15-22)26(29)24-17-16-23(30-4)18-25(24)31-5/h6-18,20,26,29H,19H2,1-5H3/t20-,26?/m0/s1. The maximum atomic E-state index is 12.1. The zero-order valence-electron chi connectivity index (χ0n) is 19.1. The summed E-state index contributed by atoms with van der Waals surface area (Å²) in [6.45, 7) is 2.19. The highest BCUT2D eigenvalue weighted by Gasteiger charge is 2.44. The Morgan fingerprint density at radius 1 is 0.839 bits per heavy atom. The summed E-state index contributed by atoms with van der Waals surface area (Å²) >= 11 is 0. The van der Waals surface area contributed by atoms with Crippen LogP contribution in [0.25, 0.3) is 0 Å². The van der Waals surface area contributed by atoms with Crippen LogP contribution < -0.4 is 9.47 Å². The third-order valence-electron chi connectivity index (χ3n) is 6.28. The monoisotopic (exact) mass is 419 g/mol. The zero-order chi connectivity index (χ0) is 22.4. The lowest BCUT2D eigenvalue weighted by molar-refractivity contribution is 0.0780. The van der Waals surface area contributed by atoms with E-state index in [1.54, 1.807) is 14.2 Å². The molecule has 0 saturated carbocycles. The molecule has 0 saturated heterocycles. The normalized spacial score (nSPS) is 13.6. The minimum absolute atomic E-state index is 0.222. The second kappa shape index (κ2) is 9.99. The third kappa shape index (κ3) is 4.60. The Hall–Kier alpha value is -2.82. The van der Waals surface area contributed by atoms with Crippen molar-refractivity contribution in [3.05, 3.63) is 95.6 Å². The topological polar surface area (TPSA) is 41.9 Å². The second-order valence-corrected chi connectivity index (χ2v) is 8.23. The van der Waals surface area contributed by atoms with Crippen molar-refractivity contribution in [2.75, 3.05) is 28.3 Å². The van der Waals surface area contributed by atoms with Crippen LogP contribution in [0.15, 0.2) is 78.9 Å². The largest absolute Gasteiger partial charge is 0.497 e. The molecular weight excluding hydrogens is 386 g/mol. The average molecular weight is 420 g/mol.